The summed E-state index contributed by atoms with van der Waals surface area (Å²) < 4.78 is 12.1. The van der Waals surface area contributed by atoms with Crippen LogP contribution in [0.2, 0.25) is 0 Å². The van der Waals surface area contributed by atoms with E-state index in [0.29, 0.717) is 12.2 Å². The Morgan fingerprint density at radius 3 is 2.56 bits per heavy atom. The highest BCUT2D eigenvalue weighted by Gasteiger charge is 2.25. The number of rotatable bonds is 6. The molecule has 1 N–H and O–H groups in total. The fourth-order valence-corrected chi connectivity index (χ4v) is 3.33. The molecule has 0 aliphatic carbocycles. The van der Waals surface area contributed by atoms with Gasteiger partial charge in [0.25, 0.3) is 0 Å². The predicted octanol–water partition coefficient (Wildman–Crippen LogP) is 3.37. The number of piperidine rings is 1. The van der Waals surface area contributed by atoms with Crippen molar-refractivity contribution < 1.29 is 9.47 Å². The molecule has 0 amide bonds. The highest BCUT2D eigenvalue weighted by atomic mass is 127. The molecular weight excluding hydrogens is 449 g/mol. The van der Waals surface area contributed by atoms with Gasteiger partial charge in [-0.3, -0.25) is 4.99 Å². The fraction of sp³-hybridized carbons (Fsp3) is 0.944. The molecule has 2 heterocycles. The molecule has 25 heavy (non-hydrogen) atoms. The van der Waals surface area contributed by atoms with E-state index in [4.69, 9.17) is 9.47 Å². The standard InChI is InChI=1S/C18H35N3O2S.HI/c1-18(2,24-4)14-20-17(19-3)21-10-8-15(9-11-21)23-13-16-7-5-6-12-22-16;/h15-16H,5-14H2,1-4H3,(H,19,20);1H. The molecule has 0 aromatic carbocycles. The Kier molecular flexibility index (Phi) is 11.1. The molecule has 0 spiro atoms. The summed E-state index contributed by atoms with van der Waals surface area (Å²) in [5.74, 6) is 1.02. The fourth-order valence-electron chi connectivity index (χ4n) is 3.11. The third-order valence-electron chi connectivity index (χ3n) is 4.97. The van der Waals surface area contributed by atoms with Gasteiger partial charge in [0.1, 0.15) is 0 Å². The smallest absolute Gasteiger partial charge is 0.193 e. The molecule has 5 nitrogen and oxygen atoms in total. The van der Waals surface area contributed by atoms with Gasteiger partial charge in [0.15, 0.2) is 5.96 Å². The zero-order valence-corrected chi connectivity index (χ0v) is 19.4. The molecule has 1 unspecified atom stereocenters. The first-order valence-electron chi connectivity index (χ1n) is 9.28. The second-order valence-corrected chi connectivity index (χ2v) is 8.89. The third-order valence-corrected chi connectivity index (χ3v) is 6.22. The van der Waals surface area contributed by atoms with Gasteiger partial charge in [-0.05, 0) is 52.2 Å². The number of nitrogens with zero attached hydrogens (tertiary/aromatic N) is 2. The van der Waals surface area contributed by atoms with E-state index >= 15 is 0 Å². The first-order valence-corrected chi connectivity index (χ1v) is 10.5. The lowest BCUT2D eigenvalue weighted by Gasteiger charge is -2.36. The lowest BCUT2D eigenvalue weighted by molar-refractivity contribution is -0.0721. The summed E-state index contributed by atoms with van der Waals surface area (Å²) in [5, 5.41) is 3.52. The van der Waals surface area contributed by atoms with Gasteiger partial charge in [-0.2, -0.15) is 11.8 Å². The first-order chi connectivity index (χ1) is 11.5. The van der Waals surface area contributed by atoms with Crippen LogP contribution >= 0.6 is 35.7 Å². The lowest BCUT2D eigenvalue weighted by Crippen LogP contribution is -2.49. The van der Waals surface area contributed by atoms with Crippen LogP contribution in [0.15, 0.2) is 4.99 Å². The molecule has 7 heteroatoms. The molecule has 0 radical (unpaired) electrons. The molecular formula is C18H36IN3O2S. The average Bonchev–Trinajstić information content (AvgIpc) is 2.62. The van der Waals surface area contributed by atoms with Crippen molar-refractivity contribution in [2.24, 2.45) is 4.99 Å². The number of hydrogen-bond donors (Lipinski definition) is 1. The Bertz CT molecular complexity index is 396. The Labute approximate surface area is 175 Å². The molecule has 2 saturated heterocycles. The van der Waals surface area contributed by atoms with E-state index in [1.54, 1.807) is 0 Å². The van der Waals surface area contributed by atoms with Crippen LogP contribution < -0.4 is 5.32 Å². The largest absolute Gasteiger partial charge is 0.376 e. The molecule has 0 aromatic rings. The van der Waals surface area contributed by atoms with Crippen molar-refractivity contribution in [3.05, 3.63) is 0 Å². The van der Waals surface area contributed by atoms with Crippen LogP contribution in [0.5, 0.6) is 0 Å². The van der Waals surface area contributed by atoms with Crippen LogP contribution in [0.25, 0.3) is 0 Å². The Hall–Kier alpha value is 0.270. The molecule has 1 atom stereocenters. The minimum atomic E-state index is 0. The van der Waals surface area contributed by atoms with Crippen LogP contribution in [-0.4, -0.2) is 74.0 Å². The minimum absolute atomic E-state index is 0. The average molecular weight is 485 g/mol. The lowest BCUT2D eigenvalue weighted by atomic mass is 10.1. The van der Waals surface area contributed by atoms with Gasteiger partial charge in [0.05, 0.1) is 18.8 Å². The van der Waals surface area contributed by atoms with Gasteiger partial charge in [-0.15, -0.1) is 24.0 Å². The quantitative estimate of drug-likeness (QED) is 0.355. The van der Waals surface area contributed by atoms with E-state index in [1.807, 2.05) is 18.8 Å². The predicted molar refractivity (Wildman–Crippen MR) is 119 cm³/mol. The van der Waals surface area contributed by atoms with Crippen LogP contribution in [0.4, 0.5) is 0 Å². The van der Waals surface area contributed by atoms with Crippen molar-refractivity contribution >= 4 is 41.7 Å². The van der Waals surface area contributed by atoms with Crippen molar-refractivity contribution in [2.75, 3.05) is 46.2 Å². The summed E-state index contributed by atoms with van der Waals surface area (Å²) in [6.45, 7) is 9.12. The Balaban J connectivity index is 0.00000312. The summed E-state index contributed by atoms with van der Waals surface area (Å²) in [6, 6.07) is 0. The molecule has 2 rings (SSSR count). The van der Waals surface area contributed by atoms with Crippen molar-refractivity contribution in [3.8, 4) is 0 Å². The number of nitrogens with one attached hydrogen (secondary N) is 1. The molecule has 2 fully saturated rings. The SMILES string of the molecule is CN=C(NCC(C)(C)SC)N1CCC(OCC2CCCCO2)CC1.I. The summed E-state index contributed by atoms with van der Waals surface area (Å²) >= 11 is 1.88. The van der Waals surface area contributed by atoms with Crippen LogP contribution in [0, 0.1) is 0 Å². The van der Waals surface area contributed by atoms with Crippen molar-refractivity contribution in [1.82, 2.24) is 10.2 Å². The maximum absolute atomic E-state index is 6.10. The number of halogens is 1. The monoisotopic (exact) mass is 485 g/mol. The highest BCUT2D eigenvalue weighted by Crippen LogP contribution is 2.20. The zero-order valence-electron chi connectivity index (χ0n) is 16.3. The molecule has 148 valence electrons. The number of likely N-dealkylation sites (tertiary alicyclic amines) is 1. The van der Waals surface area contributed by atoms with E-state index in [2.05, 4.69) is 35.3 Å². The number of guanidine groups is 1. The Morgan fingerprint density at radius 1 is 1.28 bits per heavy atom. The van der Waals surface area contributed by atoms with Crippen molar-refractivity contribution in [1.29, 1.82) is 0 Å². The van der Waals surface area contributed by atoms with Crippen LogP contribution in [-0.2, 0) is 9.47 Å². The normalized spacial score (nSPS) is 23.3. The van der Waals surface area contributed by atoms with Crippen molar-refractivity contribution in [2.45, 2.75) is 62.9 Å². The van der Waals surface area contributed by atoms with Gasteiger partial charge in [0, 0.05) is 38.0 Å². The van der Waals surface area contributed by atoms with Crippen LogP contribution in [0.1, 0.15) is 46.0 Å². The van der Waals surface area contributed by atoms with Gasteiger partial charge < -0.3 is 19.7 Å². The second-order valence-electron chi connectivity index (χ2n) is 7.37. The van der Waals surface area contributed by atoms with Gasteiger partial charge in [-0.25, -0.2) is 0 Å². The summed E-state index contributed by atoms with van der Waals surface area (Å²) in [4.78, 5) is 6.81. The third kappa shape index (κ3) is 8.22. The summed E-state index contributed by atoms with van der Waals surface area (Å²) in [7, 11) is 1.87. The second kappa shape index (κ2) is 11.9. The Morgan fingerprint density at radius 2 is 2.00 bits per heavy atom. The topological polar surface area (TPSA) is 46.1 Å². The summed E-state index contributed by atoms with van der Waals surface area (Å²) in [6.07, 6.45) is 8.62. The molecule has 2 aliphatic heterocycles. The zero-order chi connectivity index (χ0) is 17.4. The van der Waals surface area contributed by atoms with Crippen molar-refractivity contribution in [3.63, 3.8) is 0 Å². The molecule has 0 aromatic heterocycles. The van der Waals surface area contributed by atoms with Crippen LogP contribution in [0.3, 0.4) is 0 Å². The van der Waals surface area contributed by atoms with E-state index < -0.39 is 0 Å². The molecule has 2 aliphatic rings. The van der Waals surface area contributed by atoms with E-state index in [-0.39, 0.29) is 28.7 Å². The first kappa shape index (κ1) is 23.3. The number of thioether (sulfide) groups is 1. The highest BCUT2D eigenvalue weighted by molar-refractivity contribution is 14.0. The number of aliphatic imine (C=N–C) groups is 1. The van der Waals surface area contributed by atoms with Gasteiger partial charge >= 0.3 is 0 Å². The number of ether oxygens (including phenoxy) is 2. The van der Waals surface area contributed by atoms with E-state index in [0.717, 1.165) is 58.1 Å². The van der Waals surface area contributed by atoms with Gasteiger partial charge in [0.2, 0.25) is 0 Å². The molecule has 0 bridgehead atoms. The maximum Gasteiger partial charge on any atom is 0.193 e. The van der Waals surface area contributed by atoms with E-state index in [9.17, 15) is 0 Å². The summed E-state index contributed by atoms with van der Waals surface area (Å²) in [5.41, 5.74) is 0. The van der Waals surface area contributed by atoms with E-state index in [1.165, 1.54) is 12.8 Å². The minimum Gasteiger partial charge on any atom is -0.376 e. The number of hydrogen-bond acceptors (Lipinski definition) is 4. The maximum atomic E-state index is 6.10. The molecule has 0 saturated carbocycles. The van der Waals surface area contributed by atoms with Gasteiger partial charge in [-0.1, -0.05) is 0 Å².